The Hall–Kier alpha value is 0.381. The Labute approximate surface area is 135 Å². The van der Waals surface area contributed by atoms with Gasteiger partial charge in [0, 0.05) is 0 Å². The van der Waals surface area contributed by atoms with E-state index >= 15 is 0 Å². The van der Waals surface area contributed by atoms with Crippen molar-refractivity contribution in [2.75, 3.05) is 0 Å². The number of rotatable bonds is 5. The molecule has 0 bridgehead atoms. The van der Waals surface area contributed by atoms with E-state index < -0.39 is 19.1 Å². The molecule has 0 fully saturated rings. The van der Waals surface area contributed by atoms with Gasteiger partial charge in [-0.3, -0.25) is 0 Å². The van der Waals surface area contributed by atoms with E-state index in [1.54, 1.807) is 0 Å². The molecule has 0 radical (unpaired) electrons. The Morgan fingerprint density at radius 2 is 1.69 bits per heavy atom. The Balaban J connectivity index is 0.00000225. The topological polar surface area (TPSA) is 17.1 Å². The number of carbonyl (C=O) groups is 1. The Morgan fingerprint density at radius 1 is 1.12 bits per heavy atom. The van der Waals surface area contributed by atoms with Crippen molar-refractivity contribution >= 4 is 12.7 Å². The molecule has 0 aromatic heterocycles. The van der Waals surface area contributed by atoms with Crippen molar-refractivity contribution in [1.82, 2.24) is 0 Å². The number of hydrogen-bond acceptors (Lipinski definition) is 1. The van der Waals surface area contributed by atoms with Gasteiger partial charge in [-0.25, -0.2) is 0 Å². The Bertz CT molecular complexity index is 327. The number of halogens is 3. The van der Waals surface area contributed by atoms with Crippen LogP contribution >= 0.6 is 0 Å². The van der Waals surface area contributed by atoms with Gasteiger partial charge in [-0.1, -0.05) is 30.3 Å². The van der Waals surface area contributed by atoms with Crippen LogP contribution in [0, 0.1) is 0 Å². The number of hydrogen-bond donors (Lipinski definition) is 0. The third-order valence-corrected chi connectivity index (χ3v) is 2.10. The minimum absolute atomic E-state index is 0. The minimum atomic E-state index is -5.29. The van der Waals surface area contributed by atoms with Gasteiger partial charge in [-0.05, 0) is 24.8 Å². The summed E-state index contributed by atoms with van der Waals surface area (Å²) in [6, 6.07) is 9.16. The molecule has 0 aliphatic heterocycles. The summed E-state index contributed by atoms with van der Waals surface area (Å²) in [6.07, 6.45) is 0.362. The fraction of sp³-hybridized carbons (Fsp3) is 0.300. The van der Waals surface area contributed by atoms with Crippen LogP contribution in [-0.2, 0) is 11.2 Å². The van der Waals surface area contributed by atoms with Crippen molar-refractivity contribution in [3.63, 3.8) is 0 Å². The first-order valence-electron chi connectivity index (χ1n) is 4.77. The summed E-state index contributed by atoms with van der Waals surface area (Å²) in [5, 5.41) is 0. The third kappa shape index (κ3) is 6.20. The molecule has 1 nitrogen and oxygen atoms in total. The maximum absolute atomic E-state index is 11.9. The Kier molecular flexibility index (Phi) is 7.84. The van der Waals surface area contributed by atoms with Gasteiger partial charge in [0.2, 0.25) is 0 Å². The molecular weight excluding hydrogens is 243 g/mol. The van der Waals surface area contributed by atoms with Crippen molar-refractivity contribution < 1.29 is 69.1 Å². The Morgan fingerprint density at radius 3 is 2.19 bits per heavy atom. The van der Waals surface area contributed by atoms with Crippen LogP contribution in [0.2, 0.25) is 0 Å². The molecular formula is C10H11BF3KO. The van der Waals surface area contributed by atoms with E-state index in [0.717, 1.165) is 5.56 Å². The van der Waals surface area contributed by atoms with Crippen LogP contribution in [0.5, 0.6) is 0 Å². The first kappa shape index (κ1) is 16.4. The predicted molar refractivity (Wildman–Crippen MR) is 53.5 cm³/mol. The summed E-state index contributed by atoms with van der Waals surface area (Å²) in [7, 11) is 0. The van der Waals surface area contributed by atoms with E-state index in [9.17, 15) is 17.7 Å². The van der Waals surface area contributed by atoms with Gasteiger partial charge >= 0.3 is 58.4 Å². The van der Waals surface area contributed by atoms with Gasteiger partial charge in [0.05, 0.1) is 5.68 Å². The van der Waals surface area contributed by atoms with Crippen molar-refractivity contribution in [2.45, 2.75) is 19.3 Å². The minimum Gasteiger partial charge on any atom is -0.443 e. The molecule has 6 heteroatoms. The van der Waals surface area contributed by atoms with Crippen LogP contribution in [0.4, 0.5) is 12.9 Å². The predicted octanol–water partition coefficient (Wildman–Crippen LogP) is -0.0310. The molecule has 0 aliphatic carbocycles. The quantitative estimate of drug-likeness (QED) is 0.674. The average Bonchev–Trinajstić information content (AvgIpc) is 2.18. The molecule has 16 heavy (non-hydrogen) atoms. The SMILES string of the molecule is O=C(CCCc1ccccc1)[B-](F)(F)F.[K+]. The standard InChI is InChI=1S/C10H11BF3O.K/c12-11(13,14)10(15)8-4-7-9-5-2-1-3-6-9;/h1-3,5-6H,4,7-8H2;/q-1;+1. The first-order valence-corrected chi connectivity index (χ1v) is 4.77. The van der Waals surface area contributed by atoms with E-state index in [1.165, 1.54) is 0 Å². The molecule has 0 heterocycles. The van der Waals surface area contributed by atoms with Crippen molar-refractivity contribution in [1.29, 1.82) is 0 Å². The van der Waals surface area contributed by atoms with Gasteiger partial charge in [0.25, 0.3) is 0 Å². The van der Waals surface area contributed by atoms with Gasteiger partial charge in [-0.2, -0.15) is 0 Å². The van der Waals surface area contributed by atoms with E-state index in [1.807, 2.05) is 30.3 Å². The van der Waals surface area contributed by atoms with Gasteiger partial charge in [0.1, 0.15) is 0 Å². The van der Waals surface area contributed by atoms with Crippen molar-refractivity contribution in [2.24, 2.45) is 0 Å². The normalized spacial score (nSPS) is 10.7. The summed E-state index contributed by atoms with van der Waals surface area (Å²) < 4.78 is 35.7. The molecule has 0 spiro atoms. The van der Waals surface area contributed by atoms with Crippen molar-refractivity contribution in [3.05, 3.63) is 35.9 Å². The van der Waals surface area contributed by atoms with E-state index in [0.29, 0.717) is 6.42 Å². The molecule has 0 aliphatic rings. The van der Waals surface area contributed by atoms with Crippen LogP contribution in [0.15, 0.2) is 30.3 Å². The van der Waals surface area contributed by atoms with Crippen molar-refractivity contribution in [3.8, 4) is 0 Å². The smallest absolute Gasteiger partial charge is 0.443 e. The molecule has 82 valence electrons. The fourth-order valence-corrected chi connectivity index (χ4v) is 1.28. The third-order valence-electron chi connectivity index (χ3n) is 2.10. The van der Waals surface area contributed by atoms with Crippen LogP contribution in [0.25, 0.3) is 0 Å². The van der Waals surface area contributed by atoms with Gasteiger partial charge < -0.3 is 17.7 Å². The van der Waals surface area contributed by atoms with Crippen LogP contribution in [0.3, 0.4) is 0 Å². The molecule has 0 unspecified atom stereocenters. The molecule has 0 amide bonds. The molecule has 1 aromatic rings. The maximum atomic E-state index is 11.9. The van der Waals surface area contributed by atoms with Crippen LogP contribution in [-0.4, -0.2) is 12.7 Å². The summed E-state index contributed by atoms with van der Waals surface area (Å²) in [5.41, 5.74) is -0.620. The zero-order valence-corrected chi connectivity index (χ0v) is 12.3. The van der Waals surface area contributed by atoms with Crippen LogP contribution < -0.4 is 51.4 Å². The van der Waals surface area contributed by atoms with Gasteiger partial charge in [0.15, 0.2) is 0 Å². The molecule has 1 aromatic carbocycles. The number of benzene rings is 1. The molecule has 0 N–H and O–H groups in total. The average molecular weight is 254 g/mol. The van der Waals surface area contributed by atoms with E-state index in [2.05, 4.69) is 0 Å². The van der Waals surface area contributed by atoms with Gasteiger partial charge in [-0.15, -0.1) is 0 Å². The maximum Gasteiger partial charge on any atom is 1.00 e. The molecule has 0 atom stereocenters. The molecule has 1 rings (SSSR count). The number of carbonyl (C=O) groups excluding carboxylic acids is 1. The summed E-state index contributed by atoms with van der Waals surface area (Å²) in [5.74, 6) is 0. The second kappa shape index (κ2) is 7.66. The monoisotopic (exact) mass is 254 g/mol. The first-order chi connectivity index (χ1) is 7.00. The van der Waals surface area contributed by atoms with E-state index in [4.69, 9.17) is 0 Å². The summed E-state index contributed by atoms with van der Waals surface area (Å²) >= 11 is 0. The molecule has 0 saturated heterocycles. The number of aryl methyl sites for hydroxylation is 1. The van der Waals surface area contributed by atoms with Crippen LogP contribution in [0.1, 0.15) is 18.4 Å². The largest absolute Gasteiger partial charge is 1.00 e. The zero-order chi connectivity index (χ0) is 11.3. The summed E-state index contributed by atoms with van der Waals surface area (Å²) in [6.45, 7) is -5.29. The zero-order valence-electron chi connectivity index (χ0n) is 9.13. The fourth-order valence-electron chi connectivity index (χ4n) is 1.28. The molecule has 0 saturated carbocycles. The second-order valence-corrected chi connectivity index (χ2v) is 3.38. The summed E-state index contributed by atoms with van der Waals surface area (Å²) in [4.78, 5) is 10.6. The van der Waals surface area contributed by atoms with E-state index in [-0.39, 0.29) is 57.8 Å². The second-order valence-electron chi connectivity index (χ2n) is 3.38.